The van der Waals surface area contributed by atoms with Crippen molar-refractivity contribution in [2.75, 3.05) is 0 Å². The Morgan fingerprint density at radius 1 is 1.40 bits per heavy atom. The minimum absolute atomic E-state index is 0.889. The second kappa shape index (κ2) is 5.52. The van der Waals surface area contributed by atoms with Crippen molar-refractivity contribution in [2.24, 2.45) is 5.92 Å². The van der Waals surface area contributed by atoms with Gasteiger partial charge in [-0.3, -0.25) is 0 Å². The lowest BCUT2D eigenvalue weighted by molar-refractivity contribution is 0.369. The van der Waals surface area contributed by atoms with Crippen LogP contribution in [0.25, 0.3) is 0 Å². The third-order valence-electron chi connectivity index (χ3n) is 1.80. The maximum Gasteiger partial charge on any atom is -0.0209 e. The average molecular weight is 140 g/mol. The van der Waals surface area contributed by atoms with Gasteiger partial charge in [0.05, 0.1) is 0 Å². The second-order valence-corrected chi connectivity index (χ2v) is 3.18. The molecule has 0 aromatic heterocycles. The number of allylic oxidation sites excluding steroid dienone is 1. The first-order chi connectivity index (χ1) is 4.72. The molecule has 0 amide bonds. The Balaban J connectivity index is 0.000000236. The molecular formula is C10H20. The van der Waals surface area contributed by atoms with Gasteiger partial charge in [-0.05, 0) is 25.7 Å². The van der Waals surface area contributed by atoms with Crippen LogP contribution in [0.3, 0.4) is 0 Å². The summed E-state index contributed by atoms with van der Waals surface area (Å²) < 4.78 is 0. The minimum atomic E-state index is 0.889. The molecule has 0 radical (unpaired) electrons. The van der Waals surface area contributed by atoms with E-state index >= 15 is 0 Å². The van der Waals surface area contributed by atoms with E-state index in [1.807, 2.05) is 0 Å². The van der Waals surface area contributed by atoms with Gasteiger partial charge >= 0.3 is 0 Å². The molecule has 1 aliphatic carbocycles. The molecule has 1 rings (SSSR count). The van der Waals surface area contributed by atoms with Gasteiger partial charge in [0.15, 0.2) is 0 Å². The highest BCUT2D eigenvalue weighted by Gasteiger charge is 2.16. The number of hydrogen-bond acceptors (Lipinski definition) is 0. The maximum absolute atomic E-state index is 3.88. The first-order valence-corrected chi connectivity index (χ1v) is 4.37. The molecule has 10 heavy (non-hydrogen) atoms. The van der Waals surface area contributed by atoms with Gasteiger partial charge in [0.2, 0.25) is 0 Å². The molecular weight excluding hydrogens is 120 g/mol. The topological polar surface area (TPSA) is 0 Å². The van der Waals surface area contributed by atoms with E-state index < -0.39 is 0 Å². The third-order valence-corrected chi connectivity index (χ3v) is 1.80. The molecule has 0 aliphatic heterocycles. The summed E-state index contributed by atoms with van der Waals surface area (Å²) in [4.78, 5) is 0. The van der Waals surface area contributed by atoms with E-state index in [-0.39, 0.29) is 0 Å². The summed E-state index contributed by atoms with van der Waals surface area (Å²) in [7, 11) is 0. The van der Waals surface area contributed by atoms with Crippen LogP contribution in [0.2, 0.25) is 0 Å². The summed E-state index contributed by atoms with van der Waals surface area (Å²) >= 11 is 0. The summed E-state index contributed by atoms with van der Waals surface area (Å²) in [6.07, 6.45) is 5.47. The fourth-order valence-electron chi connectivity index (χ4n) is 0.901. The molecule has 0 nitrogen and oxygen atoms in total. The average Bonchev–Trinajstić information content (AvgIpc) is 1.59. The van der Waals surface area contributed by atoms with E-state index in [0.717, 1.165) is 5.92 Å². The van der Waals surface area contributed by atoms with Crippen molar-refractivity contribution >= 4 is 0 Å². The van der Waals surface area contributed by atoms with Gasteiger partial charge < -0.3 is 0 Å². The molecule has 0 spiro atoms. The van der Waals surface area contributed by atoms with Crippen LogP contribution in [0.15, 0.2) is 12.2 Å². The molecule has 0 heteroatoms. The first kappa shape index (κ1) is 9.74. The largest absolute Gasteiger partial charge is 0.0999 e. The van der Waals surface area contributed by atoms with Crippen molar-refractivity contribution < 1.29 is 0 Å². The molecule has 0 heterocycles. The van der Waals surface area contributed by atoms with Crippen LogP contribution in [0.5, 0.6) is 0 Å². The molecule has 0 N–H and O–H groups in total. The molecule has 0 saturated heterocycles. The van der Waals surface area contributed by atoms with Crippen molar-refractivity contribution in [2.45, 2.75) is 46.5 Å². The van der Waals surface area contributed by atoms with Crippen molar-refractivity contribution in [3.8, 4) is 0 Å². The Labute approximate surface area is 65.3 Å². The van der Waals surface area contributed by atoms with Gasteiger partial charge in [0.25, 0.3) is 0 Å². The summed E-state index contributed by atoms with van der Waals surface area (Å²) in [5.74, 6) is 0.889. The SMILES string of the molecule is C=C(C)C1CCC1.CCC. The van der Waals surface area contributed by atoms with Crippen molar-refractivity contribution in [1.82, 2.24) is 0 Å². The van der Waals surface area contributed by atoms with Gasteiger partial charge in [0.1, 0.15) is 0 Å². The van der Waals surface area contributed by atoms with E-state index in [4.69, 9.17) is 0 Å². The molecule has 0 unspecified atom stereocenters. The fourth-order valence-corrected chi connectivity index (χ4v) is 0.901. The lowest BCUT2D eigenvalue weighted by Gasteiger charge is -2.25. The van der Waals surface area contributed by atoms with Crippen molar-refractivity contribution in [3.05, 3.63) is 12.2 Å². The summed E-state index contributed by atoms with van der Waals surface area (Å²) in [5, 5.41) is 0. The monoisotopic (exact) mass is 140 g/mol. The number of hydrogen-bond donors (Lipinski definition) is 0. The van der Waals surface area contributed by atoms with Crippen LogP contribution in [-0.2, 0) is 0 Å². The van der Waals surface area contributed by atoms with Crippen molar-refractivity contribution in [1.29, 1.82) is 0 Å². The zero-order valence-electron chi connectivity index (χ0n) is 7.61. The Bertz CT molecular complexity index is 88.2. The highest BCUT2D eigenvalue weighted by atomic mass is 14.2. The fraction of sp³-hybridized carbons (Fsp3) is 0.800. The van der Waals surface area contributed by atoms with Crippen LogP contribution < -0.4 is 0 Å². The van der Waals surface area contributed by atoms with E-state index in [2.05, 4.69) is 27.4 Å². The highest BCUT2D eigenvalue weighted by Crippen LogP contribution is 2.31. The zero-order valence-corrected chi connectivity index (χ0v) is 7.61. The standard InChI is InChI=1S/C7H12.C3H8/c1-6(2)7-4-3-5-7;1-3-2/h7H,1,3-5H2,2H3;3H2,1-2H3. The summed E-state index contributed by atoms with van der Waals surface area (Å²) in [6.45, 7) is 10.3. The third kappa shape index (κ3) is 3.71. The first-order valence-electron chi connectivity index (χ1n) is 4.37. The molecule has 1 aliphatic rings. The lowest BCUT2D eigenvalue weighted by Crippen LogP contribution is -2.10. The Morgan fingerprint density at radius 3 is 1.80 bits per heavy atom. The second-order valence-electron chi connectivity index (χ2n) is 3.18. The van der Waals surface area contributed by atoms with E-state index in [1.165, 1.54) is 31.3 Å². The van der Waals surface area contributed by atoms with Crippen LogP contribution in [0.4, 0.5) is 0 Å². The van der Waals surface area contributed by atoms with Crippen LogP contribution >= 0.6 is 0 Å². The summed E-state index contributed by atoms with van der Waals surface area (Å²) in [6, 6.07) is 0. The van der Waals surface area contributed by atoms with Crippen LogP contribution in [-0.4, -0.2) is 0 Å². The molecule has 0 aromatic carbocycles. The van der Waals surface area contributed by atoms with Gasteiger partial charge in [-0.2, -0.15) is 0 Å². The lowest BCUT2D eigenvalue weighted by atomic mass is 9.81. The van der Waals surface area contributed by atoms with E-state index in [1.54, 1.807) is 0 Å². The van der Waals surface area contributed by atoms with Crippen LogP contribution in [0, 0.1) is 5.92 Å². The summed E-state index contributed by atoms with van der Waals surface area (Å²) in [5.41, 5.74) is 1.38. The molecule has 0 atom stereocenters. The normalized spacial score (nSPS) is 16.7. The predicted molar refractivity (Wildman–Crippen MR) is 48.1 cm³/mol. The van der Waals surface area contributed by atoms with E-state index in [9.17, 15) is 0 Å². The Kier molecular flexibility index (Phi) is 5.38. The molecule has 0 aromatic rings. The molecule has 1 fully saturated rings. The smallest absolute Gasteiger partial charge is 0.0209 e. The molecule has 0 bridgehead atoms. The quantitative estimate of drug-likeness (QED) is 0.486. The minimum Gasteiger partial charge on any atom is -0.0999 e. The van der Waals surface area contributed by atoms with Crippen LogP contribution in [0.1, 0.15) is 46.5 Å². The van der Waals surface area contributed by atoms with E-state index in [0.29, 0.717) is 0 Å². The number of rotatable bonds is 1. The zero-order chi connectivity index (χ0) is 7.98. The van der Waals surface area contributed by atoms with Crippen molar-refractivity contribution in [3.63, 3.8) is 0 Å². The maximum atomic E-state index is 3.88. The highest BCUT2D eigenvalue weighted by molar-refractivity contribution is 4.99. The van der Waals surface area contributed by atoms with Gasteiger partial charge in [-0.15, -0.1) is 0 Å². The molecule has 1 saturated carbocycles. The Morgan fingerprint density at radius 2 is 1.80 bits per heavy atom. The van der Waals surface area contributed by atoms with Gasteiger partial charge in [-0.25, -0.2) is 0 Å². The molecule has 60 valence electrons. The predicted octanol–water partition coefficient (Wildman–Crippen LogP) is 3.78. The van der Waals surface area contributed by atoms with Gasteiger partial charge in [-0.1, -0.05) is 38.8 Å². The Hall–Kier alpha value is -0.260. The van der Waals surface area contributed by atoms with Gasteiger partial charge in [0, 0.05) is 0 Å².